The normalized spacial score (nSPS) is 17.3. The molecular weight excluding hydrogens is 350 g/mol. The van der Waals surface area contributed by atoms with Crippen LogP contribution in [-0.2, 0) is 17.9 Å². The van der Waals surface area contributed by atoms with Crippen molar-refractivity contribution in [1.29, 1.82) is 0 Å². The Bertz CT molecular complexity index is 841. The van der Waals surface area contributed by atoms with E-state index in [4.69, 9.17) is 0 Å². The molecule has 4 rings (SSSR count). The molecular formula is C23H27N3O2. The first-order valence-electron chi connectivity index (χ1n) is 10.2. The van der Waals surface area contributed by atoms with Gasteiger partial charge in [0, 0.05) is 37.3 Å². The third kappa shape index (κ3) is 4.42. The van der Waals surface area contributed by atoms with Crippen LogP contribution < -0.4 is 10.2 Å². The number of hydrogen-bond donors (Lipinski definition) is 1. The summed E-state index contributed by atoms with van der Waals surface area (Å²) in [5.41, 5.74) is 3.80. The Morgan fingerprint density at radius 3 is 2.39 bits per heavy atom. The van der Waals surface area contributed by atoms with Crippen LogP contribution in [0.5, 0.6) is 0 Å². The summed E-state index contributed by atoms with van der Waals surface area (Å²) < 4.78 is 0. The molecule has 0 spiro atoms. The first kappa shape index (κ1) is 18.7. The lowest BCUT2D eigenvalue weighted by atomic mass is 10.1. The minimum atomic E-state index is -0.116. The van der Waals surface area contributed by atoms with Crippen LogP contribution in [-0.4, -0.2) is 36.3 Å². The molecule has 0 saturated carbocycles. The molecule has 2 aromatic carbocycles. The summed E-state index contributed by atoms with van der Waals surface area (Å²) in [6.07, 6.45) is 4.07. The number of nitrogens with one attached hydrogen (secondary N) is 1. The zero-order valence-electron chi connectivity index (χ0n) is 16.2. The van der Waals surface area contributed by atoms with Gasteiger partial charge < -0.3 is 10.2 Å². The van der Waals surface area contributed by atoms with Gasteiger partial charge in [-0.15, -0.1) is 0 Å². The average Bonchev–Trinajstić information content (AvgIpc) is 3.39. The fraction of sp³-hybridized carbons (Fsp3) is 0.391. The van der Waals surface area contributed by atoms with E-state index in [9.17, 15) is 9.59 Å². The maximum atomic E-state index is 12.5. The second kappa shape index (κ2) is 8.57. The largest absolute Gasteiger partial charge is 0.348 e. The highest BCUT2D eigenvalue weighted by atomic mass is 16.2. The highest BCUT2D eigenvalue weighted by Gasteiger charge is 2.22. The summed E-state index contributed by atoms with van der Waals surface area (Å²) in [4.78, 5) is 28.7. The van der Waals surface area contributed by atoms with Gasteiger partial charge in [-0.2, -0.15) is 0 Å². The van der Waals surface area contributed by atoms with Crippen molar-refractivity contribution < 1.29 is 9.59 Å². The predicted molar refractivity (Wildman–Crippen MR) is 110 cm³/mol. The Hall–Kier alpha value is -2.66. The zero-order valence-corrected chi connectivity index (χ0v) is 16.2. The summed E-state index contributed by atoms with van der Waals surface area (Å²) in [5, 5.41) is 2.98. The van der Waals surface area contributed by atoms with Crippen molar-refractivity contribution in [3.8, 4) is 0 Å². The number of benzene rings is 2. The molecule has 0 aromatic heterocycles. The number of carbonyl (C=O) groups excluding carboxylic acids is 2. The van der Waals surface area contributed by atoms with Crippen LogP contribution in [0.3, 0.4) is 0 Å². The Kier molecular flexibility index (Phi) is 5.72. The van der Waals surface area contributed by atoms with E-state index in [1.165, 1.54) is 31.5 Å². The maximum absolute atomic E-state index is 12.5. The molecule has 0 aliphatic carbocycles. The van der Waals surface area contributed by atoms with Gasteiger partial charge in [0.2, 0.25) is 5.91 Å². The second-order valence-corrected chi connectivity index (χ2v) is 7.68. The lowest BCUT2D eigenvalue weighted by Crippen LogP contribution is -2.25. The summed E-state index contributed by atoms with van der Waals surface area (Å²) in [5.74, 6) is 0.0150. The molecule has 146 valence electrons. The van der Waals surface area contributed by atoms with Crippen molar-refractivity contribution in [1.82, 2.24) is 10.2 Å². The molecule has 2 amide bonds. The quantitative estimate of drug-likeness (QED) is 0.840. The van der Waals surface area contributed by atoms with Crippen molar-refractivity contribution in [3.63, 3.8) is 0 Å². The number of anilines is 1. The predicted octanol–water partition coefficient (Wildman–Crippen LogP) is 3.34. The van der Waals surface area contributed by atoms with E-state index in [-0.39, 0.29) is 11.8 Å². The van der Waals surface area contributed by atoms with E-state index in [1.54, 1.807) is 17.0 Å². The molecule has 2 aromatic rings. The molecule has 0 atom stereocenters. The Labute approximate surface area is 166 Å². The molecule has 2 aliphatic heterocycles. The molecule has 0 unspecified atom stereocenters. The molecule has 5 nitrogen and oxygen atoms in total. The smallest absolute Gasteiger partial charge is 0.251 e. The first-order valence-corrected chi connectivity index (χ1v) is 10.2. The van der Waals surface area contributed by atoms with Crippen LogP contribution >= 0.6 is 0 Å². The van der Waals surface area contributed by atoms with Crippen molar-refractivity contribution >= 4 is 17.5 Å². The minimum absolute atomic E-state index is 0.116. The van der Waals surface area contributed by atoms with Crippen molar-refractivity contribution in [2.24, 2.45) is 0 Å². The topological polar surface area (TPSA) is 52.7 Å². The molecule has 5 heteroatoms. The van der Waals surface area contributed by atoms with E-state index in [2.05, 4.69) is 34.5 Å². The van der Waals surface area contributed by atoms with Crippen LogP contribution in [0.15, 0.2) is 48.5 Å². The van der Waals surface area contributed by atoms with E-state index in [0.717, 1.165) is 30.8 Å². The van der Waals surface area contributed by atoms with Crippen LogP contribution in [0.1, 0.15) is 47.2 Å². The molecule has 0 radical (unpaired) electrons. The molecule has 0 bridgehead atoms. The zero-order chi connectivity index (χ0) is 19.3. The average molecular weight is 377 g/mol. The van der Waals surface area contributed by atoms with Gasteiger partial charge in [0.1, 0.15) is 0 Å². The lowest BCUT2D eigenvalue weighted by molar-refractivity contribution is -0.117. The summed E-state index contributed by atoms with van der Waals surface area (Å²) >= 11 is 0. The van der Waals surface area contributed by atoms with Gasteiger partial charge in [0.05, 0.1) is 0 Å². The van der Waals surface area contributed by atoms with Gasteiger partial charge >= 0.3 is 0 Å². The molecule has 1 N–H and O–H groups in total. The van der Waals surface area contributed by atoms with Gasteiger partial charge in [0.25, 0.3) is 5.91 Å². The number of rotatable bonds is 6. The molecule has 2 saturated heterocycles. The third-order valence-corrected chi connectivity index (χ3v) is 5.57. The number of likely N-dealkylation sites (tertiary alicyclic amines) is 1. The summed E-state index contributed by atoms with van der Waals surface area (Å²) in [6.45, 7) is 4.62. The maximum Gasteiger partial charge on any atom is 0.251 e. The van der Waals surface area contributed by atoms with Crippen LogP contribution in [0.2, 0.25) is 0 Å². The number of amides is 2. The summed E-state index contributed by atoms with van der Waals surface area (Å²) in [6, 6.07) is 15.8. The Morgan fingerprint density at radius 1 is 0.929 bits per heavy atom. The molecule has 2 heterocycles. The van der Waals surface area contributed by atoms with E-state index < -0.39 is 0 Å². The van der Waals surface area contributed by atoms with Gasteiger partial charge in [-0.3, -0.25) is 14.5 Å². The second-order valence-electron chi connectivity index (χ2n) is 7.68. The highest BCUT2D eigenvalue weighted by Crippen LogP contribution is 2.22. The van der Waals surface area contributed by atoms with Crippen molar-refractivity contribution in [2.75, 3.05) is 24.5 Å². The molecule has 2 fully saturated rings. The number of nitrogens with zero attached hydrogens (tertiary/aromatic N) is 2. The lowest BCUT2D eigenvalue weighted by Gasteiger charge is -2.16. The summed E-state index contributed by atoms with van der Waals surface area (Å²) in [7, 11) is 0. The van der Waals surface area contributed by atoms with Crippen LogP contribution in [0.25, 0.3) is 0 Å². The van der Waals surface area contributed by atoms with Crippen LogP contribution in [0.4, 0.5) is 5.69 Å². The van der Waals surface area contributed by atoms with E-state index >= 15 is 0 Å². The molecule has 2 aliphatic rings. The standard InChI is InChI=1S/C23H27N3O2/c27-22-7-4-14-26(22)21-6-3-5-20(15-21)23(28)24-16-18-8-10-19(11-9-18)17-25-12-1-2-13-25/h3,5-6,8-11,15H,1-2,4,7,12-14,16-17H2,(H,24,28). The first-order chi connectivity index (χ1) is 13.7. The van der Waals surface area contributed by atoms with Crippen LogP contribution in [0, 0.1) is 0 Å². The molecule has 28 heavy (non-hydrogen) atoms. The van der Waals surface area contributed by atoms with Crippen molar-refractivity contribution in [3.05, 3.63) is 65.2 Å². The van der Waals surface area contributed by atoms with E-state index in [1.807, 2.05) is 12.1 Å². The van der Waals surface area contributed by atoms with Gasteiger partial charge in [-0.1, -0.05) is 30.3 Å². The van der Waals surface area contributed by atoms with E-state index in [0.29, 0.717) is 18.5 Å². The number of hydrogen-bond acceptors (Lipinski definition) is 3. The van der Waals surface area contributed by atoms with Gasteiger partial charge in [-0.25, -0.2) is 0 Å². The number of carbonyl (C=O) groups is 2. The monoisotopic (exact) mass is 377 g/mol. The minimum Gasteiger partial charge on any atom is -0.348 e. The van der Waals surface area contributed by atoms with Gasteiger partial charge in [-0.05, 0) is 61.7 Å². The van der Waals surface area contributed by atoms with Crippen molar-refractivity contribution in [2.45, 2.75) is 38.8 Å². The third-order valence-electron chi connectivity index (χ3n) is 5.57. The Balaban J connectivity index is 1.33. The fourth-order valence-electron chi connectivity index (χ4n) is 3.98. The fourth-order valence-corrected chi connectivity index (χ4v) is 3.98. The highest BCUT2D eigenvalue weighted by molar-refractivity contribution is 5.99. The Morgan fingerprint density at radius 2 is 1.68 bits per heavy atom. The van der Waals surface area contributed by atoms with Gasteiger partial charge in [0.15, 0.2) is 0 Å². The SMILES string of the molecule is O=C(NCc1ccc(CN2CCCC2)cc1)c1cccc(N2CCCC2=O)c1.